The van der Waals surface area contributed by atoms with Crippen molar-refractivity contribution in [3.63, 3.8) is 0 Å². The van der Waals surface area contributed by atoms with E-state index in [2.05, 4.69) is 20.5 Å². The van der Waals surface area contributed by atoms with E-state index in [1.165, 1.54) is 19.2 Å². The van der Waals surface area contributed by atoms with Crippen LogP contribution in [0.15, 0.2) is 18.2 Å². The summed E-state index contributed by atoms with van der Waals surface area (Å²) in [6.07, 6.45) is 0. The molecule has 0 saturated carbocycles. The number of aromatic amines is 1. The Bertz CT molecular complexity index is 671. The van der Waals surface area contributed by atoms with E-state index in [4.69, 9.17) is 16.3 Å². The molecule has 1 aromatic heterocycles. The number of halogens is 1. The van der Waals surface area contributed by atoms with Crippen molar-refractivity contribution in [2.24, 2.45) is 0 Å². The van der Waals surface area contributed by atoms with Crippen LogP contribution in [0, 0.1) is 10.1 Å². The van der Waals surface area contributed by atoms with Gasteiger partial charge in [0.05, 0.1) is 12.0 Å². The Morgan fingerprint density at radius 3 is 2.90 bits per heavy atom. The van der Waals surface area contributed by atoms with Gasteiger partial charge in [-0.15, -0.1) is 5.10 Å². The van der Waals surface area contributed by atoms with Gasteiger partial charge in [0, 0.05) is 11.1 Å². The molecule has 2 N–H and O–H groups in total. The molecule has 20 heavy (non-hydrogen) atoms. The molecule has 0 saturated heterocycles. The number of methoxy groups -OCH3 is 1. The summed E-state index contributed by atoms with van der Waals surface area (Å²) >= 11 is 5.67. The van der Waals surface area contributed by atoms with E-state index in [0.29, 0.717) is 0 Å². The fourth-order valence-electron chi connectivity index (χ4n) is 1.42. The Balaban J connectivity index is 2.27. The molecule has 1 aromatic carbocycles. The number of nitrogens with zero attached hydrogens (tertiary/aromatic N) is 3. The molecule has 10 heteroatoms. The first-order valence-corrected chi connectivity index (χ1v) is 5.60. The number of carbonyl (C=O) groups is 1. The van der Waals surface area contributed by atoms with Crippen LogP contribution in [0.2, 0.25) is 5.02 Å². The molecule has 0 spiro atoms. The highest BCUT2D eigenvalue weighted by atomic mass is 35.5. The van der Waals surface area contributed by atoms with Gasteiger partial charge in [-0.05, 0) is 12.1 Å². The number of aromatic nitrogens is 3. The summed E-state index contributed by atoms with van der Waals surface area (Å²) in [5, 5.41) is 19.4. The molecule has 0 aliphatic carbocycles. The summed E-state index contributed by atoms with van der Waals surface area (Å²) in [7, 11) is 1.36. The second-order valence-electron chi connectivity index (χ2n) is 3.54. The number of carbonyl (C=O) groups excluding carboxylic acids is 1. The van der Waals surface area contributed by atoms with Crippen molar-refractivity contribution in [1.29, 1.82) is 0 Å². The quantitative estimate of drug-likeness (QED) is 0.653. The molecule has 0 aliphatic heterocycles. The lowest BCUT2D eigenvalue weighted by atomic mass is 10.1. The Kier molecular flexibility index (Phi) is 3.80. The molecule has 0 bridgehead atoms. The molecule has 0 fully saturated rings. The first-order valence-electron chi connectivity index (χ1n) is 5.23. The Labute approximate surface area is 117 Å². The highest BCUT2D eigenvalue weighted by Gasteiger charge is 2.21. The Hall–Kier alpha value is -2.68. The molecule has 1 amide bonds. The summed E-state index contributed by atoms with van der Waals surface area (Å²) in [4.78, 5) is 25.9. The van der Waals surface area contributed by atoms with Crippen molar-refractivity contribution >= 4 is 29.1 Å². The number of anilines is 1. The average Bonchev–Trinajstić information content (AvgIpc) is 2.86. The second-order valence-corrected chi connectivity index (χ2v) is 3.98. The van der Waals surface area contributed by atoms with Gasteiger partial charge in [-0.1, -0.05) is 11.6 Å². The first kappa shape index (κ1) is 13.7. The molecule has 0 aliphatic rings. The topological polar surface area (TPSA) is 123 Å². The lowest BCUT2D eigenvalue weighted by molar-refractivity contribution is -0.385. The van der Waals surface area contributed by atoms with Gasteiger partial charge in [-0.25, -0.2) is 5.10 Å². The molecule has 104 valence electrons. The van der Waals surface area contributed by atoms with Gasteiger partial charge in [0.25, 0.3) is 11.6 Å². The maximum Gasteiger partial charge on any atom is 0.336 e. The molecular formula is C10H8ClN5O4. The zero-order valence-corrected chi connectivity index (χ0v) is 10.8. The van der Waals surface area contributed by atoms with Crippen molar-refractivity contribution in [2.45, 2.75) is 0 Å². The Morgan fingerprint density at radius 1 is 1.55 bits per heavy atom. The number of hydrogen-bond acceptors (Lipinski definition) is 6. The van der Waals surface area contributed by atoms with E-state index in [0.717, 1.165) is 6.07 Å². The number of H-pyrrole nitrogens is 1. The average molecular weight is 298 g/mol. The van der Waals surface area contributed by atoms with E-state index in [-0.39, 0.29) is 22.5 Å². The summed E-state index contributed by atoms with van der Waals surface area (Å²) in [6.45, 7) is 0. The van der Waals surface area contributed by atoms with E-state index < -0.39 is 16.5 Å². The fraction of sp³-hybridized carbons (Fsp3) is 0.100. The van der Waals surface area contributed by atoms with Gasteiger partial charge in [0.1, 0.15) is 5.56 Å². The van der Waals surface area contributed by atoms with Gasteiger partial charge in [0.2, 0.25) is 5.95 Å². The minimum Gasteiger partial charge on any atom is -0.466 e. The monoisotopic (exact) mass is 297 g/mol. The minimum atomic E-state index is -0.716. The number of hydrogen-bond donors (Lipinski definition) is 2. The molecule has 9 nitrogen and oxygen atoms in total. The molecule has 0 unspecified atom stereocenters. The number of nitro benzene ring substituents is 1. The zero-order valence-electron chi connectivity index (χ0n) is 10.1. The standard InChI is InChI=1S/C10H8ClN5O4/c1-20-10-13-9(14-15-10)12-8(17)6-3-2-5(11)4-7(6)16(18)19/h2-4H,1H3,(H2,12,13,14,15,17). The van der Waals surface area contributed by atoms with Crippen LogP contribution >= 0.6 is 11.6 Å². The van der Waals surface area contributed by atoms with E-state index in [1.807, 2.05) is 0 Å². The van der Waals surface area contributed by atoms with Gasteiger partial charge in [-0.3, -0.25) is 20.2 Å². The van der Waals surface area contributed by atoms with Crippen molar-refractivity contribution in [1.82, 2.24) is 15.2 Å². The van der Waals surface area contributed by atoms with Crippen molar-refractivity contribution < 1.29 is 14.5 Å². The van der Waals surface area contributed by atoms with E-state index in [1.54, 1.807) is 0 Å². The van der Waals surface area contributed by atoms with Crippen LogP contribution < -0.4 is 10.1 Å². The van der Waals surface area contributed by atoms with Crippen molar-refractivity contribution in [3.05, 3.63) is 38.9 Å². The number of amides is 1. The third-order valence-electron chi connectivity index (χ3n) is 2.28. The van der Waals surface area contributed by atoms with Crippen LogP contribution in [-0.4, -0.2) is 33.1 Å². The van der Waals surface area contributed by atoms with Crippen LogP contribution in [0.3, 0.4) is 0 Å². The van der Waals surface area contributed by atoms with E-state index in [9.17, 15) is 14.9 Å². The van der Waals surface area contributed by atoms with Gasteiger partial charge in [0.15, 0.2) is 0 Å². The molecule has 0 atom stereocenters. The lowest BCUT2D eigenvalue weighted by Crippen LogP contribution is -2.14. The van der Waals surface area contributed by atoms with Crippen LogP contribution in [0.4, 0.5) is 11.6 Å². The summed E-state index contributed by atoms with van der Waals surface area (Å²) in [5.74, 6) is -0.705. The second kappa shape index (κ2) is 5.53. The minimum absolute atomic E-state index is 0.0103. The van der Waals surface area contributed by atoms with Crippen LogP contribution in [0.1, 0.15) is 10.4 Å². The fourth-order valence-corrected chi connectivity index (χ4v) is 1.58. The highest BCUT2D eigenvalue weighted by molar-refractivity contribution is 6.31. The SMILES string of the molecule is COc1n[nH]c(NC(=O)c2ccc(Cl)cc2[N+](=O)[O-])n1. The number of ether oxygens (including phenoxy) is 1. The van der Waals surface area contributed by atoms with Crippen LogP contribution in [-0.2, 0) is 0 Å². The van der Waals surface area contributed by atoms with E-state index >= 15 is 0 Å². The highest BCUT2D eigenvalue weighted by Crippen LogP contribution is 2.23. The molecule has 2 aromatic rings. The largest absolute Gasteiger partial charge is 0.466 e. The van der Waals surface area contributed by atoms with Crippen molar-refractivity contribution in [3.8, 4) is 6.01 Å². The maximum absolute atomic E-state index is 12.0. The third kappa shape index (κ3) is 2.83. The summed E-state index contributed by atoms with van der Waals surface area (Å²) in [5.41, 5.74) is -0.545. The normalized spacial score (nSPS) is 10.1. The molecular weight excluding hydrogens is 290 g/mol. The zero-order chi connectivity index (χ0) is 14.7. The number of nitrogens with one attached hydrogen (secondary N) is 2. The maximum atomic E-state index is 12.0. The molecule has 2 rings (SSSR count). The van der Waals surface area contributed by atoms with Crippen molar-refractivity contribution in [2.75, 3.05) is 12.4 Å². The van der Waals surface area contributed by atoms with Gasteiger partial charge < -0.3 is 4.74 Å². The Morgan fingerprint density at radius 2 is 2.30 bits per heavy atom. The number of benzene rings is 1. The number of rotatable bonds is 4. The lowest BCUT2D eigenvalue weighted by Gasteiger charge is -2.03. The molecule has 0 radical (unpaired) electrons. The summed E-state index contributed by atoms with van der Waals surface area (Å²) < 4.78 is 4.73. The number of nitro groups is 1. The third-order valence-corrected chi connectivity index (χ3v) is 2.52. The van der Waals surface area contributed by atoms with Gasteiger partial charge >= 0.3 is 6.01 Å². The van der Waals surface area contributed by atoms with Crippen LogP contribution in [0.5, 0.6) is 6.01 Å². The van der Waals surface area contributed by atoms with Crippen LogP contribution in [0.25, 0.3) is 0 Å². The molecule has 1 heterocycles. The predicted octanol–water partition coefficient (Wildman–Crippen LogP) is 1.63. The first-order chi connectivity index (χ1) is 9.51. The van der Waals surface area contributed by atoms with Gasteiger partial charge in [-0.2, -0.15) is 4.98 Å². The smallest absolute Gasteiger partial charge is 0.336 e. The predicted molar refractivity (Wildman–Crippen MR) is 69.0 cm³/mol. The summed E-state index contributed by atoms with van der Waals surface area (Å²) in [6, 6.07) is 3.76.